The number of benzene rings is 2. The second-order valence-corrected chi connectivity index (χ2v) is 7.38. The van der Waals surface area contributed by atoms with Crippen molar-refractivity contribution in [3.05, 3.63) is 57.6 Å². The van der Waals surface area contributed by atoms with Gasteiger partial charge in [0.05, 0.1) is 20.8 Å². The molecule has 0 amide bonds. The lowest BCUT2D eigenvalue weighted by Gasteiger charge is -2.09. The summed E-state index contributed by atoms with van der Waals surface area (Å²) in [5.41, 5.74) is 8.14. The Hall–Kier alpha value is -1.38. The Bertz CT molecular complexity index is 848. The molecule has 8 heteroatoms. The first kappa shape index (κ1) is 22.9. The smallest absolute Gasteiger partial charge is 0.188 e. The molecule has 2 aromatic rings. The lowest BCUT2D eigenvalue weighted by Crippen LogP contribution is -2.33. The summed E-state index contributed by atoms with van der Waals surface area (Å²) in [5.74, 6) is 2.74. The lowest BCUT2D eigenvalue weighted by molar-refractivity contribution is 0.354. The van der Waals surface area contributed by atoms with Gasteiger partial charge in [0, 0.05) is 16.6 Å². The third-order valence-electron chi connectivity index (χ3n) is 4.71. The van der Waals surface area contributed by atoms with Crippen molar-refractivity contribution in [2.24, 2.45) is 16.6 Å². The van der Waals surface area contributed by atoms with Crippen LogP contribution in [0.3, 0.4) is 0 Å². The minimum Gasteiger partial charge on any atom is -0.493 e. The van der Waals surface area contributed by atoms with E-state index in [2.05, 4.69) is 10.3 Å². The van der Waals surface area contributed by atoms with Crippen molar-refractivity contribution in [2.75, 3.05) is 20.8 Å². The summed E-state index contributed by atoms with van der Waals surface area (Å²) in [7, 11) is 3.22. The van der Waals surface area contributed by atoms with Crippen LogP contribution < -0.4 is 20.5 Å². The van der Waals surface area contributed by atoms with Gasteiger partial charge in [-0.2, -0.15) is 0 Å². The molecular formula is C20H24Cl2IN3O2. The van der Waals surface area contributed by atoms with Gasteiger partial charge in [-0.05, 0) is 53.6 Å². The standard InChI is InChI=1S/C20H23Cl2N3O2.HI/c1-26-18-6-3-12(7-19(18)27-2)10-24-20(23)25-11-13-8-16(13)15-5-4-14(21)9-17(15)22;/h3-7,9,13,16H,8,10-11H2,1-2H3,(H3,23,24,25);1H. The summed E-state index contributed by atoms with van der Waals surface area (Å²) in [6, 6.07) is 11.4. The summed E-state index contributed by atoms with van der Waals surface area (Å²) in [4.78, 5) is 4.40. The largest absolute Gasteiger partial charge is 0.493 e. The molecule has 0 radical (unpaired) electrons. The molecule has 28 heavy (non-hydrogen) atoms. The topological polar surface area (TPSA) is 68.9 Å². The van der Waals surface area contributed by atoms with Crippen LogP contribution in [-0.4, -0.2) is 26.7 Å². The first-order valence-corrected chi connectivity index (χ1v) is 9.47. The second-order valence-electron chi connectivity index (χ2n) is 6.54. The number of methoxy groups -OCH3 is 2. The molecule has 0 saturated heterocycles. The highest BCUT2D eigenvalue weighted by Crippen LogP contribution is 2.49. The van der Waals surface area contributed by atoms with Gasteiger partial charge in [-0.1, -0.05) is 35.3 Å². The van der Waals surface area contributed by atoms with E-state index in [0.29, 0.717) is 40.9 Å². The number of guanidine groups is 1. The number of nitrogens with zero attached hydrogens (tertiary/aromatic N) is 1. The Balaban J connectivity index is 0.00000280. The molecule has 1 aliphatic carbocycles. The minimum atomic E-state index is 0. The Morgan fingerprint density at radius 2 is 1.89 bits per heavy atom. The quantitative estimate of drug-likeness (QED) is 0.302. The normalized spacial score (nSPS) is 18.2. The van der Waals surface area contributed by atoms with Crippen LogP contribution in [0.25, 0.3) is 0 Å². The van der Waals surface area contributed by atoms with Crippen LogP contribution in [0.2, 0.25) is 10.0 Å². The fraction of sp³-hybridized carbons (Fsp3) is 0.350. The predicted molar refractivity (Wildman–Crippen MR) is 126 cm³/mol. The molecule has 3 rings (SSSR count). The Kier molecular flexibility index (Phi) is 8.52. The summed E-state index contributed by atoms with van der Waals surface area (Å²) in [6.07, 6.45) is 1.08. The maximum atomic E-state index is 6.28. The maximum absolute atomic E-state index is 6.28. The van der Waals surface area contributed by atoms with E-state index in [9.17, 15) is 0 Å². The van der Waals surface area contributed by atoms with Crippen LogP contribution >= 0.6 is 47.2 Å². The highest BCUT2D eigenvalue weighted by Gasteiger charge is 2.39. The lowest BCUT2D eigenvalue weighted by atomic mass is 10.1. The highest BCUT2D eigenvalue weighted by atomic mass is 127. The molecule has 0 aliphatic heterocycles. The summed E-state index contributed by atoms with van der Waals surface area (Å²) in [6.45, 7) is 1.24. The molecule has 1 aliphatic rings. The number of hydrogen-bond donors (Lipinski definition) is 2. The number of rotatable bonds is 7. The molecular weight excluding hydrogens is 512 g/mol. The van der Waals surface area contributed by atoms with Crippen molar-refractivity contribution >= 4 is 53.1 Å². The zero-order valence-corrected chi connectivity index (χ0v) is 19.6. The van der Waals surface area contributed by atoms with Crippen LogP contribution in [0, 0.1) is 5.92 Å². The monoisotopic (exact) mass is 535 g/mol. The molecule has 0 spiro atoms. The van der Waals surface area contributed by atoms with Gasteiger partial charge in [-0.3, -0.25) is 0 Å². The molecule has 0 bridgehead atoms. The van der Waals surface area contributed by atoms with Crippen LogP contribution in [0.4, 0.5) is 0 Å². The van der Waals surface area contributed by atoms with Crippen molar-refractivity contribution in [3.63, 3.8) is 0 Å². The third-order valence-corrected chi connectivity index (χ3v) is 5.27. The van der Waals surface area contributed by atoms with Crippen molar-refractivity contribution in [1.82, 2.24) is 5.32 Å². The van der Waals surface area contributed by atoms with E-state index < -0.39 is 0 Å². The van der Waals surface area contributed by atoms with Crippen LogP contribution in [0.15, 0.2) is 41.4 Å². The molecule has 3 N–H and O–H groups in total. The first-order chi connectivity index (χ1) is 13.0. The molecule has 0 heterocycles. The van der Waals surface area contributed by atoms with Crippen LogP contribution in [0.1, 0.15) is 23.5 Å². The predicted octanol–water partition coefficient (Wildman–Crippen LogP) is 4.84. The zero-order chi connectivity index (χ0) is 19.4. The molecule has 5 nitrogen and oxygen atoms in total. The number of ether oxygens (including phenoxy) is 2. The van der Waals surface area contributed by atoms with E-state index in [1.807, 2.05) is 30.3 Å². The van der Waals surface area contributed by atoms with E-state index in [0.717, 1.165) is 29.1 Å². The number of halogens is 3. The van der Waals surface area contributed by atoms with Gasteiger partial charge in [0.1, 0.15) is 0 Å². The fourth-order valence-electron chi connectivity index (χ4n) is 3.10. The average Bonchev–Trinajstić information content (AvgIpc) is 3.43. The Morgan fingerprint density at radius 1 is 1.14 bits per heavy atom. The van der Waals surface area contributed by atoms with Crippen molar-refractivity contribution in [2.45, 2.75) is 18.9 Å². The number of nitrogens with one attached hydrogen (secondary N) is 1. The van der Waals surface area contributed by atoms with E-state index in [4.69, 9.17) is 38.4 Å². The summed E-state index contributed by atoms with van der Waals surface area (Å²) < 4.78 is 10.5. The Morgan fingerprint density at radius 3 is 2.57 bits per heavy atom. The molecule has 2 unspecified atom stereocenters. The number of aliphatic imine (C=N–C) groups is 1. The van der Waals surface area contributed by atoms with Crippen molar-refractivity contribution in [1.29, 1.82) is 0 Å². The van der Waals surface area contributed by atoms with Gasteiger partial charge in [0.25, 0.3) is 0 Å². The van der Waals surface area contributed by atoms with E-state index in [-0.39, 0.29) is 24.0 Å². The van der Waals surface area contributed by atoms with Gasteiger partial charge in [-0.25, -0.2) is 4.99 Å². The van der Waals surface area contributed by atoms with Crippen LogP contribution in [-0.2, 0) is 6.54 Å². The van der Waals surface area contributed by atoms with Gasteiger partial charge in [0.2, 0.25) is 0 Å². The third kappa shape index (κ3) is 5.81. The molecule has 1 fully saturated rings. The first-order valence-electron chi connectivity index (χ1n) is 8.71. The highest BCUT2D eigenvalue weighted by molar-refractivity contribution is 14.0. The fourth-order valence-corrected chi connectivity index (χ4v) is 3.65. The van der Waals surface area contributed by atoms with Crippen molar-refractivity contribution < 1.29 is 9.47 Å². The van der Waals surface area contributed by atoms with Crippen molar-refractivity contribution in [3.8, 4) is 11.5 Å². The average molecular weight is 536 g/mol. The van der Waals surface area contributed by atoms with Gasteiger partial charge in [-0.15, -0.1) is 24.0 Å². The SMILES string of the molecule is COc1ccc(CN=C(N)NCC2CC2c2ccc(Cl)cc2Cl)cc1OC.I. The number of hydrogen-bond acceptors (Lipinski definition) is 3. The zero-order valence-electron chi connectivity index (χ0n) is 15.7. The van der Waals surface area contributed by atoms with E-state index in [1.54, 1.807) is 20.3 Å². The van der Waals surface area contributed by atoms with Gasteiger partial charge < -0.3 is 20.5 Å². The maximum Gasteiger partial charge on any atom is 0.188 e. The molecule has 152 valence electrons. The minimum absolute atomic E-state index is 0. The molecule has 2 aromatic carbocycles. The summed E-state index contributed by atoms with van der Waals surface area (Å²) >= 11 is 12.2. The summed E-state index contributed by atoms with van der Waals surface area (Å²) in [5, 5.41) is 4.58. The molecule has 1 saturated carbocycles. The number of nitrogens with two attached hydrogens (primary N) is 1. The van der Waals surface area contributed by atoms with E-state index in [1.165, 1.54) is 0 Å². The van der Waals surface area contributed by atoms with E-state index >= 15 is 0 Å². The molecule has 0 aromatic heterocycles. The Labute approximate surface area is 192 Å². The van der Waals surface area contributed by atoms with Gasteiger partial charge in [0.15, 0.2) is 17.5 Å². The molecule has 2 atom stereocenters. The van der Waals surface area contributed by atoms with Crippen LogP contribution in [0.5, 0.6) is 11.5 Å². The second kappa shape index (κ2) is 10.4. The van der Waals surface area contributed by atoms with Gasteiger partial charge >= 0.3 is 0 Å².